The van der Waals surface area contributed by atoms with Crippen LogP contribution in [-0.4, -0.2) is 4.98 Å². The van der Waals surface area contributed by atoms with Crippen molar-refractivity contribution in [3.63, 3.8) is 0 Å². The molecular formula is C17H16FN3. The highest BCUT2D eigenvalue weighted by Gasteiger charge is 2.13. The van der Waals surface area contributed by atoms with Crippen LogP contribution in [0, 0.1) is 5.82 Å². The van der Waals surface area contributed by atoms with Crippen molar-refractivity contribution in [2.75, 3.05) is 0 Å². The summed E-state index contributed by atoms with van der Waals surface area (Å²) < 4.78 is 13.0. The molecule has 1 aromatic heterocycles. The predicted molar refractivity (Wildman–Crippen MR) is 81.9 cm³/mol. The number of benzene rings is 2. The second-order valence-corrected chi connectivity index (χ2v) is 4.99. The van der Waals surface area contributed by atoms with Gasteiger partial charge >= 0.3 is 0 Å². The maximum Gasteiger partial charge on any atom is 0.123 e. The number of nitrogens with two attached hydrogens (primary N) is 1. The first-order valence-electron chi connectivity index (χ1n) is 6.81. The average molecular weight is 281 g/mol. The zero-order valence-electron chi connectivity index (χ0n) is 11.5. The fourth-order valence-corrected chi connectivity index (χ4v) is 2.57. The average Bonchev–Trinajstić information content (AvgIpc) is 2.54. The van der Waals surface area contributed by atoms with Gasteiger partial charge < -0.3 is 0 Å². The largest absolute Gasteiger partial charge is 0.271 e. The molecule has 0 spiro atoms. The lowest BCUT2D eigenvalue weighted by molar-refractivity contribution is 0.554. The van der Waals surface area contributed by atoms with Crippen LogP contribution in [0.15, 0.2) is 60.9 Å². The lowest BCUT2D eigenvalue weighted by Gasteiger charge is -2.18. The molecule has 3 aromatic rings. The number of hydrazine groups is 1. The van der Waals surface area contributed by atoms with E-state index in [0.29, 0.717) is 6.42 Å². The summed E-state index contributed by atoms with van der Waals surface area (Å²) in [4.78, 5) is 4.14. The topological polar surface area (TPSA) is 50.9 Å². The van der Waals surface area contributed by atoms with Crippen LogP contribution in [0.5, 0.6) is 0 Å². The van der Waals surface area contributed by atoms with Gasteiger partial charge in [-0.3, -0.25) is 16.3 Å². The lowest BCUT2D eigenvalue weighted by Crippen LogP contribution is -2.29. The summed E-state index contributed by atoms with van der Waals surface area (Å²) in [6.45, 7) is 0. The normalized spacial score (nSPS) is 12.5. The highest BCUT2D eigenvalue weighted by atomic mass is 19.1. The van der Waals surface area contributed by atoms with Gasteiger partial charge in [0.15, 0.2) is 0 Å². The first-order valence-corrected chi connectivity index (χ1v) is 6.81. The molecule has 21 heavy (non-hydrogen) atoms. The first kappa shape index (κ1) is 13.7. The van der Waals surface area contributed by atoms with Gasteiger partial charge in [-0.1, -0.05) is 30.3 Å². The molecule has 0 amide bonds. The minimum Gasteiger partial charge on any atom is -0.271 e. The Balaban J connectivity index is 1.96. The molecule has 3 rings (SSSR count). The second kappa shape index (κ2) is 5.99. The molecule has 0 bridgehead atoms. The highest BCUT2D eigenvalue weighted by Crippen LogP contribution is 2.25. The van der Waals surface area contributed by atoms with Crippen LogP contribution in [0.4, 0.5) is 4.39 Å². The minimum atomic E-state index is -0.229. The van der Waals surface area contributed by atoms with Gasteiger partial charge in [0.1, 0.15) is 5.82 Å². The van der Waals surface area contributed by atoms with Gasteiger partial charge in [-0.05, 0) is 41.1 Å². The van der Waals surface area contributed by atoms with Crippen molar-refractivity contribution in [3.05, 3.63) is 77.9 Å². The molecule has 0 saturated heterocycles. The molecule has 4 heteroatoms. The Morgan fingerprint density at radius 1 is 1.10 bits per heavy atom. The Hall–Kier alpha value is -2.30. The van der Waals surface area contributed by atoms with E-state index in [1.807, 2.05) is 24.4 Å². The summed E-state index contributed by atoms with van der Waals surface area (Å²) in [5.74, 6) is 5.50. The second-order valence-electron chi connectivity index (χ2n) is 4.99. The van der Waals surface area contributed by atoms with Gasteiger partial charge in [-0.2, -0.15) is 0 Å². The van der Waals surface area contributed by atoms with E-state index in [1.54, 1.807) is 18.3 Å². The zero-order valence-corrected chi connectivity index (χ0v) is 11.5. The predicted octanol–water partition coefficient (Wildman–Crippen LogP) is 3.12. The molecule has 1 heterocycles. The summed E-state index contributed by atoms with van der Waals surface area (Å²) in [6.07, 6.45) is 4.31. The van der Waals surface area contributed by atoms with Crippen LogP contribution in [-0.2, 0) is 6.42 Å². The fraction of sp³-hybridized carbons (Fsp3) is 0.118. The number of nitrogens with zero attached hydrogens (tertiary/aromatic N) is 1. The van der Waals surface area contributed by atoms with Gasteiger partial charge in [-0.15, -0.1) is 0 Å². The van der Waals surface area contributed by atoms with Gasteiger partial charge in [0, 0.05) is 17.8 Å². The van der Waals surface area contributed by atoms with E-state index in [9.17, 15) is 4.39 Å². The monoisotopic (exact) mass is 281 g/mol. The Kier molecular flexibility index (Phi) is 3.90. The van der Waals surface area contributed by atoms with Crippen molar-refractivity contribution in [2.24, 2.45) is 5.84 Å². The lowest BCUT2D eigenvalue weighted by atomic mass is 9.95. The van der Waals surface area contributed by atoms with Crippen LogP contribution < -0.4 is 11.3 Å². The Morgan fingerprint density at radius 2 is 1.90 bits per heavy atom. The van der Waals surface area contributed by atoms with Crippen molar-refractivity contribution < 1.29 is 4.39 Å². The third-order valence-corrected chi connectivity index (χ3v) is 3.64. The van der Waals surface area contributed by atoms with Crippen LogP contribution in [0.25, 0.3) is 10.8 Å². The Bertz CT molecular complexity index is 735. The van der Waals surface area contributed by atoms with Crippen molar-refractivity contribution in [3.8, 4) is 0 Å². The molecule has 0 aliphatic carbocycles. The highest BCUT2D eigenvalue weighted by molar-refractivity contribution is 5.85. The molecular weight excluding hydrogens is 265 g/mol. The fourth-order valence-electron chi connectivity index (χ4n) is 2.57. The van der Waals surface area contributed by atoms with E-state index in [2.05, 4.69) is 16.5 Å². The third kappa shape index (κ3) is 2.91. The molecule has 0 aliphatic rings. The molecule has 3 N–H and O–H groups in total. The Morgan fingerprint density at radius 3 is 2.67 bits per heavy atom. The maximum atomic E-state index is 13.0. The quantitative estimate of drug-likeness (QED) is 0.570. The number of fused-ring (bicyclic) bond motifs is 1. The Labute approximate surface area is 122 Å². The van der Waals surface area contributed by atoms with Crippen LogP contribution >= 0.6 is 0 Å². The number of hydrogen-bond donors (Lipinski definition) is 2. The molecule has 1 atom stereocenters. The number of aromatic nitrogens is 1. The molecule has 3 nitrogen and oxygen atoms in total. The maximum absolute atomic E-state index is 13.0. The van der Waals surface area contributed by atoms with Crippen LogP contribution in [0.1, 0.15) is 17.2 Å². The number of rotatable bonds is 4. The molecule has 0 aliphatic heterocycles. The van der Waals surface area contributed by atoms with E-state index in [0.717, 1.165) is 21.9 Å². The van der Waals surface area contributed by atoms with Crippen LogP contribution in [0.3, 0.4) is 0 Å². The van der Waals surface area contributed by atoms with Gasteiger partial charge in [0.05, 0.1) is 6.04 Å². The summed E-state index contributed by atoms with van der Waals surface area (Å²) in [5, 5.41) is 2.20. The molecule has 2 aromatic carbocycles. The molecule has 0 fully saturated rings. The van der Waals surface area contributed by atoms with Gasteiger partial charge in [0.25, 0.3) is 0 Å². The molecule has 0 saturated carbocycles. The van der Waals surface area contributed by atoms with E-state index in [-0.39, 0.29) is 11.9 Å². The van der Waals surface area contributed by atoms with E-state index in [4.69, 9.17) is 5.84 Å². The van der Waals surface area contributed by atoms with E-state index < -0.39 is 0 Å². The van der Waals surface area contributed by atoms with Crippen molar-refractivity contribution in [2.45, 2.75) is 12.5 Å². The summed E-state index contributed by atoms with van der Waals surface area (Å²) in [7, 11) is 0. The number of hydrogen-bond acceptors (Lipinski definition) is 3. The smallest absolute Gasteiger partial charge is 0.123 e. The SMILES string of the molecule is NNC(Cc1ccc(F)cc1)c1cccc2cnccc12. The number of nitrogens with one attached hydrogen (secondary N) is 1. The number of pyridine rings is 1. The van der Waals surface area contributed by atoms with Gasteiger partial charge in [-0.25, -0.2) is 4.39 Å². The van der Waals surface area contributed by atoms with Gasteiger partial charge in [0.2, 0.25) is 0 Å². The van der Waals surface area contributed by atoms with E-state index in [1.165, 1.54) is 12.1 Å². The standard InChI is InChI=1S/C17H16FN3/c18-14-6-4-12(5-7-14)10-17(21-19)16-3-1-2-13-11-20-9-8-15(13)16/h1-9,11,17,21H,10,19H2. The third-order valence-electron chi connectivity index (χ3n) is 3.64. The first-order chi connectivity index (χ1) is 10.3. The summed E-state index contributed by atoms with van der Waals surface area (Å²) >= 11 is 0. The molecule has 106 valence electrons. The van der Waals surface area contributed by atoms with Crippen molar-refractivity contribution in [1.29, 1.82) is 0 Å². The zero-order chi connectivity index (χ0) is 14.7. The van der Waals surface area contributed by atoms with Crippen molar-refractivity contribution >= 4 is 10.8 Å². The van der Waals surface area contributed by atoms with E-state index >= 15 is 0 Å². The van der Waals surface area contributed by atoms with Crippen LogP contribution in [0.2, 0.25) is 0 Å². The minimum absolute atomic E-state index is 0.0402. The summed E-state index contributed by atoms with van der Waals surface area (Å²) in [5.41, 5.74) is 5.00. The number of halogens is 1. The molecule has 1 unspecified atom stereocenters. The summed E-state index contributed by atoms with van der Waals surface area (Å²) in [6, 6.07) is 14.5. The van der Waals surface area contributed by atoms with Crippen molar-refractivity contribution in [1.82, 2.24) is 10.4 Å². The molecule has 0 radical (unpaired) electrons.